The smallest absolute Gasteiger partial charge is 0.276 e. The second kappa shape index (κ2) is 5.44. The molecule has 0 saturated carbocycles. The Morgan fingerprint density at radius 1 is 1.25 bits per heavy atom. The quantitative estimate of drug-likeness (QED) is 0.867. The summed E-state index contributed by atoms with van der Waals surface area (Å²) in [6.07, 6.45) is 2.82. The molecule has 110 valence electrons. The molecule has 0 bridgehead atoms. The van der Waals surface area contributed by atoms with Crippen molar-refractivity contribution >= 4 is 10.2 Å². The number of hydrogen-bond acceptors (Lipinski definition) is 3. The zero-order valence-corrected chi connectivity index (χ0v) is 12.5. The molecule has 2 aliphatic rings. The third-order valence-electron chi connectivity index (χ3n) is 4.39. The highest BCUT2D eigenvalue weighted by molar-refractivity contribution is 7.87. The third kappa shape index (κ3) is 2.74. The molecule has 2 atom stereocenters. The number of benzene rings is 1. The minimum atomic E-state index is -3.35. The topological polar surface area (TPSA) is 61.4 Å². The monoisotopic (exact) mass is 295 g/mol. The van der Waals surface area contributed by atoms with E-state index in [-0.39, 0.29) is 6.04 Å². The lowest BCUT2D eigenvalue weighted by molar-refractivity contribution is 0.122. The van der Waals surface area contributed by atoms with Gasteiger partial charge in [-0.25, -0.2) is 4.72 Å². The SMILES string of the molecule is CNS(=O)(=O)N[C@@H]1CCN2CCc3ccccc3[C@@H]2C1. The Morgan fingerprint density at radius 2 is 2.05 bits per heavy atom. The second-order valence-corrected chi connectivity index (χ2v) is 7.20. The van der Waals surface area contributed by atoms with Gasteiger partial charge in [0.25, 0.3) is 10.2 Å². The average Bonchev–Trinajstić information content (AvgIpc) is 2.47. The summed E-state index contributed by atoms with van der Waals surface area (Å²) in [4.78, 5) is 2.48. The Bertz CT molecular complexity index is 588. The average molecular weight is 295 g/mol. The summed E-state index contributed by atoms with van der Waals surface area (Å²) in [5.74, 6) is 0. The fraction of sp³-hybridized carbons (Fsp3) is 0.571. The first-order chi connectivity index (χ1) is 9.59. The summed E-state index contributed by atoms with van der Waals surface area (Å²) in [5.41, 5.74) is 2.78. The molecular formula is C14H21N3O2S. The predicted molar refractivity (Wildman–Crippen MR) is 78.6 cm³/mol. The van der Waals surface area contributed by atoms with Crippen molar-refractivity contribution in [2.75, 3.05) is 20.1 Å². The van der Waals surface area contributed by atoms with Crippen molar-refractivity contribution in [2.45, 2.75) is 31.3 Å². The summed E-state index contributed by atoms with van der Waals surface area (Å²) in [5, 5.41) is 0. The molecule has 0 radical (unpaired) electrons. The number of nitrogens with zero attached hydrogens (tertiary/aromatic N) is 1. The number of fused-ring (bicyclic) bond motifs is 3. The van der Waals surface area contributed by atoms with E-state index >= 15 is 0 Å². The summed E-state index contributed by atoms with van der Waals surface area (Å²) >= 11 is 0. The molecule has 2 heterocycles. The van der Waals surface area contributed by atoms with Crippen LogP contribution in [0.5, 0.6) is 0 Å². The van der Waals surface area contributed by atoms with Crippen molar-refractivity contribution in [1.29, 1.82) is 0 Å². The van der Waals surface area contributed by atoms with Gasteiger partial charge in [0.05, 0.1) is 0 Å². The molecule has 0 unspecified atom stereocenters. The first-order valence-electron chi connectivity index (χ1n) is 7.12. The Hall–Kier alpha value is -0.950. The van der Waals surface area contributed by atoms with Gasteiger partial charge in [0.2, 0.25) is 0 Å². The molecule has 0 aromatic heterocycles. The first kappa shape index (κ1) is 14.0. The van der Waals surface area contributed by atoms with Gasteiger partial charge < -0.3 is 0 Å². The Morgan fingerprint density at radius 3 is 2.85 bits per heavy atom. The van der Waals surface area contributed by atoms with E-state index in [0.717, 1.165) is 32.4 Å². The Balaban J connectivity index is 1.79. The van der Waals surface area contributed by atoms with Crippen molar-refractivity contribution in [3.05, 3.63) is 35.4 Å². The van der Waals surface area contributed by atoms with E-state index in [0.29, 0.717) is 6.04 Å². The molecule has 0 aliphatic carbocycles. The highest BCUT2D eigenvalue weighted by atomic mass is 32.2. The van der Waals surface area contributed by atoms with Crippen molar-refractivity contribution < 1.29 is 8.42 Å². The second-order valence-electron chi connectivity index (χ2n) is 5.55. The fourth-order valence-electron chi connectivity index (χ4n) is 3.34. The highest BCUT2D eigenvalue weighted by Crippen LogP contribution is 2.36. The zero-order chi connectivity index (χ0) is 14.2. The number of piperidine rings is 1. The van der Waals surface area contributed by atoms with Crippen LogP contribution >= 0.6 is 0 Å². The molecule has 1 saturated heterocycles. The molecule has 20 heavy (non-hydrogen) atoms. The van der Waals surface area contributed by atoms with Crippen molar-refractivity contribution in [3.8, 4) is 0 Å². The van der Waals surface area contributed by atoms with Gasteiger partial charge in [0, 0.05) is 32.2 Å². The number of nitrogens with one attached hydrogen (secondary N) is 2. The third-order valence-corrected chi connectivity index (χ3v) is 5.57. The Kier molecular flexibility index (Phi) is 3.81. The lowest BCUT2D eigenvalue weighted by Gasteiger charge is -2.43. The standard InChI is InChI=1S/C14H21N3O2S/c1-15-20(18,19)16-12-7-9-17-8-6-11-4-2-3-5-13(11)14(17)10-12/h2-5,12,14-16H,6-10H2,1H3/t12-,14+/m1/s1. The van der Waals surface area contributed by atoms with Crippen LogP contribution in [0.4, 0.5) is 0 Å². The van der Waals surface area contributed by atoms with Gasteiger partial charge in [-0.2, -0.15) is 13.1 Å². The lowest BCUT2D eigenvalue weighted by atomic mass is 9.85. The normalized spacial score (nSPS) is 26.9. The first-order valence-corrected chi connectivity index (χ1v) is 8.60. The van der Waals surface area contributed by atoms with Crippen molar-refractivity contribution in [2.24, 2.45) is 0 Å². The van der Waals surface area contributed by atoms with Crippen molar-refractivity contribution in [3.63, 3.8) is 0 Å². The zero-order valence-electron chi connectivity index (χ0n) is 11.7. The maximum Gasteiger partial charge on any atom is 0.276 e. The van der Waals surface area contributed by atoms with Crippen molar-refractivity contribution in [1.82, 2.24) is 14.3 Å². The van der Waals surface area contributed by atoms with Crippen LogP contribution in [0, 0.1) is 0 Å². The number of rotatable bonds is 3. The van der Waals surface area contributed by atoms with Crippen LogP contribution < -0.4 is 9.44 Å². The van der Waals surface area contributed by atoms with Crippen LogP contribution in [-0.2, 0) is 16.6 Å². The lowest BCUT2D eigenvalue weighted by Crippen LogP contribution is -2.50. The Labute approximate surface area is 120 Å². The summed E-state index contributed by atoms with van der Waals surface area (Å²) in [6.45, 7) is 2.03. The van der Waals surface area contributed by atoms with Crippen LogP contribution in [0.2, 0.25) is 0 Å². The van der Waals surface area contributed by atoms with E-state index in [2.05, 4.69) is 38.6 Å². The van der Waals surface area contributed by atoms with Crippen LogP contribution in [0.15, 0.2) is 24.3 Å². The van der Waals surface area contributed by atoms with Gasteiger partial charge in [-0.1, -0.05) is 24.3 Å². The molecule has 0 amide bonds. The van der Waals surface area contributed by atoms with E-state index < -0.39 is 10.2 Å². The minimum Gasteiger partial charge on any atom is -0.296 e. The molecule has 1 aromatic carbocycles. The van der Waals surface area contributed by atoms with Gasteiger partial charge in [-0.15, -0.1) is 0 Å². The van der Waals surface area contributed by atoms with Gasteiger partial charge in [0.15, 0.2) is 0 Å². The maximum absolute atomic E-state index is 11.6. The molecule has 5 nitrogen and oxygen atoms in total. The van der Waals surface area contributed by atoms with Gasteiger partial charge in [0.1, 0.15) is 0 Å². The molecular weight excluding hydrogens is 274 g/mol. The fourth-order valence-corrected chi connectivity index (χ4v) is 4.11. The molecule has 2 aliphatic heterocycles. The maximum atomic E-state index is 11.6. The minimum absolute atomic E-state index is 0.0138. The van der Waals surface area contributed by atoms with E-state index in [1.807, 2.05) is 0 Å². The molecule has 1 aromatic rings. The highest BCUT2D eigenvalue weighted by Gasteiger charge is 2.34. The summed E-state index contributed by atoms with van der Waals surface area (Å²) in [6, 6.07) is 8.88. The predicted octanol–water partition coefficient (Wildman–Crippen LogP) is 0.802. The van der Waals surface area contributed by atoms with E-state index in [1.54, 1.807) is 0 Å². The molecule has 2 N–H and O–H groups in total. The molecule has 1 fully saturated rings. The van der Waals surface area contributed by atoms with Gasteiger partial charge >= 0.3 is 0 Å². The van der Waals surface area contributed by atoms with Crippen LogP contribution in [0.25, 0.3) is 0 Å². The largest absolute Gasteiger partial charge is 0.296 e. The van der Waals surface area contributed by atoms with E-state index in [4.69, 9.17) is 0 Å². The van der Waals surface area contributed by atoms with Crippen LogP contribution in [0.3, 0.4) is 0 Å². The molecule has 6 heteroatoms. The van der Waals surface area contributed by atoms with Crippen LogP contribution in [0.1, 0.15) is 30.0 Å². The van der Waals surface area contributed by atoms with Crippen LogP contribution in [-0.4, -0.2) is 39.5 Å². The van der Waals surface area contributed by atoms with Gasteiger partial charge in [-0.05, 0) is 30.4 Å². The summed E-state index contributed by atoms with van der Waals surface area (Å²) in [7, 11) is -1.91. The van der Waals surface area contributed by atoms with E-state index in [1.165, 1.54) is 18.2 Å². The summed E-state index contributed by atoms with van der Waals surface area (Å²) < 4.78 is 28.3. The van der Waals surface area contributed by atoms with Gasteiger partial charge in [-0.3, -0.25) is 4.90 Å². The van der Waals surface area contributed by atoms with E-state index in [9.17, 15) is 8.42 Å². The molecule has 3 rings (SSSR count). The molecule has 0 spiro atoms. The number of hydrogen-bond donors (Lipinski definition) is 2.